The fourth-order valence-electron chi connectivity index (χ4n) is 2.41. The van der Waals surface area contributed by atoms with Gasteiger partial charge in [0.05, 0.1) is 12.4 Å². The van der Waals surface area contributed by atoms with Crippen molar-refractivity contribution in [2.75, 3.05) is 13.1 Å². The van der Waals surface area contributed by atoms with Crippen molar-refractivity contribution >= 4 is 6.09 Å². The first-order valence-corrected chi connectivity index (χ1v) is 7.52. The van der Waals surface area contributed by atoms with Crippen LogP contribution in [0.2, 0.25) is 0 Å². The SMILES string of the molecule is O=C(NN1CCCCC1)Oc1cnc(-c2cccc(F)c2)nc1. The average molecular weight is 316 g/mol. The van der Waals surface area contributed by atoms with E-state index in [4.69, 9.17) is 4.74 Å². The molecule has 0 unspecified atom stereocenters. The van der Waals surface area contributed by atoms with Gasteiger partial charge in [-0.25, -0.2) is 24.2 Å². The lowest BCUT2D eigenvalue weighted by Gasteiger charge is -2.26. The third-order valence-corrected chi connectivity index (χ3v) is 3.53. The van der Waals surface area contributed by atoms with E-state index in [0.717, 1.165) is 25.9 Å². The Morgan fingerprint density at radius 1 is 1.17 bits per heavy atom. The molecule has 0 saturated carbocycles. The van der Waals surface area contributed by atoms with Gasteiger partial charge in [-0.15, -0.1) is 0 Å². The van der Waals surface area contributed by atoms with Crippen LogP contribution in [-0.2, 0) is 0 Å². The summed E-state index contributed by atoms with van der Waals surface area (Å²) in [6, 6.07) is 6.00. The first-order chi connectivity index (χ1) is 11.2. The number of nitrogens with one attached hydrogen (secondary N) is 1. The molecule has 6 nitrogen and oxygen atoms in total. The highest BCUT2D eigenvalue weighted by molar-refractivity contribution is 5.69. The van der Waals surface area contributed by atoms with Crippen molar-refractivity contribution < 1.29 is 13.9 Å². The second kappa shape index (κ2) is 7.15. The summed E-state index contributed by atoms with van der Waals surface area (Å²) in [5.74, 6) is 0.250. The summed E-state index contributed by atoms with van der Waals surface area (Å²) in [4.78, 5) is 20.0. The third kappa shape index (κ3) is 4.23. The van der Waals surface area contributed by atoms with Crippen molar-refractivity contribution in [3.8, 4) is 17.1 Å². The van der Waals surface area contributed by atoms with E-state index in [1.54, 1.807) is 12.1 Å². The molecule has 1 saturated heterocycles. The summed E-state index contributed by atoms with van der Waals surface area (Å²) < 4.78 is 18.3. The lowest BCUT2D eigenvalue weighted by molar-refractivity contribution is 0.129. The highest BCUT2D eigenvalue weighted by Crippen LogP contribution is 2.17. The Labute approximate surface area is 133 Å². The zero-order valence-electron chi connectivity index (χ0n) is 12.5. The molecule has 120 valence electrons. The van der Waals surface area contributed by atoms with Crippen LogP contribution in [0.5, 0.6) is 5.75 Å². The van der Waals surface area contributed by atoms with E-state index >= 15 is 0 Å². The van der Waals surface area contributed by atoms with E-state index in [1.165, 1.54) is 30.9 Å². The number of nitrogens with zero attached hydrogens (tertiary/aromatic N) is 3. The lowest BCUT2D eigenvalue weighted by atomic mass is 10.2. The van der Waals surface area contributed by atoms with Gasteiger partial charge < -0.3 is 4.74 Å². The maximum absolute atomic E-state index is 13.2. The number of amides is 1. The number of ether oxygens (including phenoxy) is 1. The maximum Gasteiger partial charge on any atom is 0.427 e. The Bertz CT molecular complexity index is 672. The first-order valence-electron chi connectivity index (χ1n) is 7.52. The van der Waals surface area contributed by atoms with E-state index in [2.05, 4.69) is 15.4 Å². The minimum atomic E-state index is -0.561. The van der Waals surface area contributed by atoms with Crippen LogP contribution in [0.4, 0.5) is 9.18 Å². The van der Waals surface area contributed by atoms with Crippen LogP contribution in [0.3, 0.4) is 0 Å². The van der Waals surface area contributed by atoms with Crippen LogP contribution in [0.1, 0.15) is 19.3 Å². The molecule has 7 heteroatoms. The summed E-state index contributed by atoms with van der Waals surface area (Å²) in [6.45, 7) is 1.65. The molecular formula is C16H17FN4O2. The van der Waals surface area contributed by atoms with Crippen LogP contribution < -0.4 is 10.2 Å². The van der Waals surface area contributed by atoms with Crippen LogP contribution >= 0.6 is 0 Å². The second-order valence-corrected chi connectivity index (χ2v) is 5.30. The highest BCUT2D eigenvalue weighted by Gasteiger charge is 2.14. The number of benzene rings is 1. The molecule has 1 aromatic heterocycles. The number of carbonyl (C=O) groups excluding carboxylic acids is 1. The third-order valence-electron chi connectivity index (χ3n) is 3.53. The van der Waals surface area contributed by atoms with Crippen molar-refractivity contribution in [3.63, 3.8) is 0 Å². The zero-order chi connectivity index (χ0) is 16.1. The van der Waals surface area contributed by atoms with Gasteiger partial charge in [0.1, 0.15) is 5.82 Å². The molecule has 1 N–H and O–H groups in total. The quantitative estimate of drug-likeness (QED) is 0.943. The Morgan fingerprint density at radius 3 is 2.61 bits per heavy atom. The van der Waals surface area contributed by atoms with Gasteiger partial charge >= 0.3 is 6.09 Å². The minimum absolute atomic E-state index is 0.236. The van der Waals surface area contributed by atoms with E-state index in [1.807, 2.05) is 5.01 Å². The van der Waals surface area contributed by atoms with E-state index < -0.39 is 6.09 Å². The molecule has 1 amide bonds. The predicted molar refractivity (Wildman–Crippen MR) is 82.0 cm³/mol. The number of hydrogen-bond acceptors (Lipinski definition) is 5. The molecule has 0 spiro atoms. The monoisotopic (exact) mass is 316 g/mol. The number of rotatable bonds is 3. The van der Waals surface area contributed by atoms with Crippen LogP contribution in [0, 0.1) is 5.82 Å². The summed E-state index contributed by atoms with van der Waals surface area (Å²) in [5.41, 5.74) is 3.25. The highest BCUT2D eigenvalue weighted by atomic mass is 19.1. The standard InChI is InChI=1S/C16H17FN4O2/c17-13-6-4-5-12(9-13)15-18-10-14(11-19-15)23-16(22)20-21-7-2-1-3-8-21/h4-6,9-11H,1-3,7-8H2,(H,20,22). The van der Waals surface area contributed by atoms with Gasteiger partial charge in [-0.05, 0) is 25.0 Å². The molecule has 1 aromatic carbocycles. The van der Waals surface area contributed by atoms with Crippen molar-refractivity contribution in [3.05, 3.63) is 42.5 Å². The first kappa shape index (κ1) is 15.4. The van der Waals surface area contributed by atoms with Crippen molar-refractivity contribution in [1.82, 2.24) is 20.4 Å². The molecule has 0 bridgehead atoms. The number of halogens is 1. The number of aromatic nitrogens is 2. The summed E-state index contributed by atoms with van der Waals surface area (Å²) in [5, 5.41) is 1.84. The summed E-state index contributed by atoms with van der Waals surface area (Å²) in [7, 11) is 0. The van der Waals surface area contributed by atoms with Crippen molar-refractivity contribution in [2.45, 2.75) is 19.3 Å². The maximum atomic E-state index is 13.2. The number of hydrazine groups is 1. The van der Waals surface area contributed by atoms with Gasteiger partial charge in [0.15, 0.2) is 11.6 Å². The fourth-order valence-corrected chi connectivity index (χ4v) is 2.41. The van der Waals surface area contributed by atoms with Gasteiger partial charge in [-0.2, -0.15) is 0 Å². The predicted octanol–water partition coefficient (Wildman–Crippen LogP) is 2.77. The molecule has 0 aliphatic carbocycles. The smallest absolute Gasteiger partial charge is 0.406 e. The molecule has 0 radical (unpaired) electrons. The average Bonchev–Trinajstić information content (AvgIpc) is 2.56. The molecule has 0 atom stereocenters. The van der Waals surface area contributed by atoms with Gasteiger partial charge in [0, 0.05) is 18.7 Å². The van der Waals surface area contributed by atoms with Crippen LogP contribution in [0.25, 0.3) is 11.4 Å². The van der Waals surface area contributed by atoms with Gasteiger partial charge in [-0.1, -0.05) is 18.6 Å². The fraction of sp³-hybridized carbons (Fsp3) is 0.312. The lowest BCUT2D eigenvalue weighted by Crippen LogP contribution is -2.46. The molecule has 23 heavy (non-hydrogen) atoms. The number of hydrogen-bond donors (Lipinski definition) is 1. The molecule has 1 aliphatic heterocycles. The van der Waals surface area contributed by atoms with Gasteiger partial charge in [-0.3, -0.25) is 5.43 Å². The summed E-state index contributed by atoms with van der Waals surface area (Å²) >= 11 is 0. The normalized spacial score (nSPS) is 15.2. The Balaban J connectivity index is 1.59. The molecule has 2 heterocycles. The Hall–Kier alpha value is -2.54. The molecule has 2 aromatic rings. The largest absolute Gasteiger partial charge is 0.427 e. The Morgan fingerprint density at radius 2 is 1.91 bits per heavy atom. The van der Waals surface area contributed by atoms with Crippen molar-refractivity contribution in [2.24, 2.45) is 0 Å². The zero-order valence-corrected chi connectivity index (χ0v) is 12.5. The molecular weight excluding hydrogens is 299 g/mol. The van der Waals surface area contributed by atoms with Crippen LogP contribution in [-0.4, -0.2) is 34.2 Å². The topological polar surface area (TPSA) is 67.4 Å². The van der Waals surface area contributed by atoms with Gasteiger partial charge in [0.2, 0.25) is 0 Å². The van der Waals surface area contributed by atoms with Crippen molar-refractivity contribution in [1.29, 1.82) is 0 Å². The number of carbonyl (C=O) groups is 1. The second-order valence-electron chi connectivity index (χ2n) is 5.30. The van der Waals surface area contributed by atoms with E-state index in [0.29, 0.717) is 11.4 Å². The summed E-state index contributed by atoms with van der Waals surface area (Å²) in [6.07, 6.45) is 5.53. The van der Waals surface area contributed by atoms with E-state index in [-0.39, 0.29) is 11.6 Å². The Kier molecular flexibility index (Phi) is 4.77. The van der Waals surface area contributed by atoms with E-state index in [9.17, 15) is 9.18 Å². The molecule has 1 fully saturated rings. The van der Waals surface area contributed by atoms with Gasteiger partial charge in [0.25, 0.3) is 0 Å². The minimum Gasteiger partial charge on any atom is -0.406 e. The van der Waals surface area contributed by atoms with Crippen LogP contribution in [0.15, 0.2) is 36.7 Å². The molecule has 1 aliphatic rings. The molecule has 3 rings (SSSR count). The number of piperidine rings is 1.